The van der Waals surface area contributed by atoms with Crippen LogP contribution in [0.1, 0.15) is 65.5 Å². The number of H-pyrrole nitrogens is 1. The van der Waals surface area contributed by atoms with Gasteiger partial charge in [-0.3, -0.25) is 9.78 Å². The number of carbonyl (C=O) groups is 1. The number of benzene rings is 2. The van der Waals surface area contributed by atoms with Crippen LogP contribution in [0.4, 0.5) is 0 Å². The Balaban J connectivity index is 1.65. The van der Waals surface area contributed by atoms with Gasteiger partial charge in [-0.25, -0.2) is 4.79 Å². The van der Waals surface area contributed by atoms with Crippen molar-refractivity contribution in [2.75, 3.05) is 0 Å². The summed E-state index contributed by atoms with van der Waals surface area (Å²) in [6, 6.07) is 13.2. The first-order valence-electron chi connectivity index (χ1n) is 10.8. The maximum absolute atomic E-state index is 13.3. The summed E-state index contributed by atoms with van der Waals surface area (Å²) in [5.74, 6) is 0.643. The number of rotatable bonds is 5. The van der Waals surface area contributed by atoms with E-state index in [0.717, 1.165) is 18.4 Å². The first-order valence-corrected chi connectivity index (χ1v) is 11.1. The maximum atomic E-state index is 13.3. The van der Waals surface area contributed by atoms with Gasteiger partial charge in [0.2, 0.25) is 0 Å². The fourth-order valence-electron chi connectivity index (χ4n) is 4.36. The lowest BCUT2D eigenvalue weighted by atomic mass is 9.81. The molecule has 2 aromatic carbocycles. The lowest BCUT2D eigenvalue weighted by molar-refractivity contribution is 0.0912. The van der Waals surface area contributed by atoms with Crippen LogP contribution in [-0.4, -0.2) is 20.7 Å². The fourth-order valence-corrected chi connectivity index (χ4v) is 4.56. The number of amides is 1. The van der Waals surface area contributed by atoms with Crippen molar-refractivity contribution < 1.29 is 4.79 Å². The quantitative estimate of drug-likeness (QED) is 0.595. The molecule has 1 aliphatic rings. The number of halogens is 1. The second-order valence-electron chi connectivity index (χ2n) is 8.35. The molecule has 1 atom stereocenters. The Bertz CT molecular complexity index is 1130. The molecule has 1 amide bonds. The van der Waals surface area contributed by atoms with Gasteiger partial charge in [0.1, 0.15) is 5.82 Å². The van der Waals surface area contributed by atoms with Crippen LogP contribution < -0.4 is 11.0 Å². The first-order chi connectivity index (χ1) is 14.9. The predicted octanol–water partition coefficient (Wildman–Crippen LogP) is 4.88. The number of nitrogens with one attached hydrogen (secondary N) is 2. The minimum absolute atomic E-state index is 0.0801. The van der Waals surface area contributed by atoms with Gasteiger partial charge in [-0.1, -0.05) is 60.7 Å². The van der Waals surface area contributed by atoms with Gasteiger partial charge in [-0.15, -0.1) is 0 Å². The number of nitrogens with zero attached hydrogens (tertiary/aromatic N) is 2. The van der Waals surface area contributed by atoms with E-state index >= 15 is 0 Å². The summed E-state index contributed by atoms with van der Waals surface area (Å²) in [5, 5.41) is 7.75. The maximum Gasteiger partial charge on any atom is 0.348 e. The van der Waals surface area contributed by atoms with Gasteiger partial charge in [-0.2, -0.15) is 9.78 Å². The average molecular weight is 439 g/mol. The molecule has 1 unspecified atom stereocenters. The Kier molecular flexibility index (Phi) is 6.28. The summed E-state index contributed by atoms with van der Waals surface area (Å²) in [5.41, 5.74) is 2.77. The van der Waals surface area contributed by atoms with Crippen LogP contribution >= 0.6 is 11.6 Å². The Morgan fingerprint density at radius 3 is 2.48 bits per heavy atom. The van der Waals surface area contributed by atoms with Crippen molar-refractivity contribution in [1.29, 1.82) is 0 Å². The van der Waals surface area contributed by atoms with Crippen LogP contribution in [-0.2, 0) is 0 Å². The highest BCUT2D eigenvalue weighted by Crippen LogP contribution is 2.35. The average Bonchev–Trinajstić information content (AvgIpc) is 3.11. The van der Waals surface area contributed by atoms with E-state index in [1.807, 2.05) is 0 Å². The van der Waals surface area contributed by atoms with Gasteiger partial charge in [0.05, 0.1) is 22.3 Å². The molecule has 0 aliphatic heterocycles. The smallest absolute Gasteiger partial charge is 0.345 e. The van der Waals surface area contributed by atoms with E-state index in [4.69, 9.17) is 11.6 Å². The summed E-state index contributed by atoms with van der Waals surface area (Å²) in [6.07, 6.45) is 5.79. The molecule has 31 heavy (non-hydrogen) atoms. The molecule has 0 spiro atoms. The highest BCUT2D eigenvalue weighted by atomic mass is 35.5. The summed E-state index contributed by atoms with van der Waals surface area (Å²) in [4.78, 5) is 28.1. The number of hydrogen-bond acceptors (Lipinski definition) is 3. The Hall–Kier alpha value is -2.86. The molecule has 1 aliphatic carbocycles. The van der Waals surface area contributed by atoms with Crippen LogP contribution in [0.15, 0.2) is 47.3 Å². The number of aromatic nitrogens is 3. The van der Waals surface area contributed by atoms with E-state index in [9.17, 15) is 9.59 Å². The molecule has 0 bridgehead atoms. The minimum Gasteiger partial charge on any atom is -0.345 e. The second kappa shape index (κ2) is 9.10. The monoisotopic (exact) mass is 438 g/mol. The number of carbonyl (C=O) groups excluding carboxylic acids is 1. The van der Waals surface area contributed by atoms with Crippen molar-refractivity contribution in [2.24, 2.45) is 5.92 Å². The zero-order chi connectivity index (χ0) is 22.0. The molecule has 4 rings (SSSR count). The topological polar surface area (TPSA) is 79.8 Å². The third-order valence-corrected chi connectivity index (χ3v) is 6.34. The normalized spacial score (nSPS) is 15.6. The molecule has 1 heterocycles. The zero-order valence-corrected chi connectivity index (χ0v) is 18.6. The van der Waals surface area contributed by atoms with Crippen LogP contribution in [0, 0.1) is 19.8 Å². The summed E-state index contributed by atoms with van der Waals surface area (Å²) >= 11 is 6.38. The standard InChI is InChI=1S/C24H27ClN4O2/c1-15-8-10-18(11-9-15)22(17-6-4-3-5-7-17)27-23(30)20-14-19(12-13-21(20)25)29-24(31)26-16(2)28-29/h8-14,17,22H,3-7H2,1-2H3,(H,27,30)(H,26,28,31). The summed E-state index contributed by atoms with van der Waals surface area (Å²) < 4.78 is 1.24. The third kappa shape index (κ3) is 4.74. The van der Waals surface area contributed by atoms with Gasteiger partial charge in [-0.05, 0) is 56.4 Å². The highest BCUT2D eigenvalue weighted by molar-refractivity contribution is 6.33. The van der Waals surface area contributed by atoms with E-state index in [2.05, 4.69) is 46.6 Å². The molecule has 1 fully saturated rings. The van der Waals surface area contributed by atoms with Crippen molar-refractivity contribution >= 4 is 17.5 Å². The van der Waals surface area contributed by atoms with Gasteiger partial charge in [0, 0.05) is 0 Å². The molecule has 0 saturated heterocycles. The van der Waals surface area contributed by atoms with Gasteiger partial charge < -0.3 is 5.32 Å². The van der Waals surface area contributed by atoms with Crippen LogP contribution in [0.5, 0.6) is 0 Å². The fraction of sp³-hybridized carbons (Fsp3) is 0.375. The minimum atomic E-state index is -0.356. The molecule has 1 saturated carbocycles. The van der Waals surface area contributed by atoms with E-state index in [1.165, 1.54) is 29.5 Å². The highest BCUT2D eigenvalue weighted by Gasteiger charge is 2.27. The Morgan fingerprint density at radius 1 is 1.13 bits per heavy atom. The second-order valence-corrected chi connectivity index (χ2v) is 8.76. The van der Waals surface area contributed by atoms with E-state index in [1.54, 1.807) is 25.1 Å². The molecule has 3 aromatic rings. The van der Waals surface area contributed by atoms with Crippen molar-refractivity contribution in [2.45, 2.75) is 52.0 Å². The van der Waals surface area contributed by atoms with Crippen LogP contribution in [0.25, 0.3) is 5.69 Å². The van der Waals surface area contributed by atoms with Crippen molar-refractivity contribution in [3.05, 3.63) is 80.5 Å². The SMILES string of the molecule is Cc1ccc(C(NC(=O)c2cc(-n3nc(C)[nH]c3=O)ccc2Cl)C2CCCCC2)cc1. The number of aromatic amines is 1. The van der Waals surface area contributed by atoms with E-state index in [-0.39, 0.29) is 17.6 Å². The third-order valence-electron chi connectivity index (χ3n) is 6.01. The van der Waals surface area contributed by atoms with Crippen molar-refractivity contribution in [1.82, 2.24) is 20.1 Å². The summed E-state index contributed by atoms with van der Waals surface area (Å²) in [7, 11) is 0. The first kappa shape index (κ1) is 21.4. The largest absolute Gasteiger partial charge is 0.348 e. The molecular formula is C24H27ClN4O2. The lowest BCUT2D eigenvalue weighted by Gasteiger charge is -2.31. The van der Waals surface area contributed by atoms with E-state index in [0.29, 0.717) is 28.0 Å². The van der Waals surface area contributed by atoms with Crippen molar-refractivity contribution in [3.63, 3.8) is 0 Å². The van der Waals surface area contributed by atoms with E-state index < -0.39 is 0 Å². The zero-order valence-electron chi connectivity index (χ0n) is 17.8. The number of aryl methyl sites for hydroxylation is 2. The Morgan fingerprint density at radius 2 is 1.84 bits per heavy atom. The molecule has 1 aromatic heterocycles. The van der Waals surface area contributed by atoms with Crippen LogP contribution in [0.3, 0.4) is 0 Å². The predicted molar refractivity (Wildman–Crippen MR) is 122 cm³/mol. The molecule has 2 N–H and O–H groups in total. The summed E-state index contributed by atoms with van der Waals surface area (Å²) in [6.45, 7) is 3.76. The lowest BCUT2D eigenvalue weighted by Crippen LogP contribution is -2.34. The van der Waals surface area contributed by atoms with Gasteiger partial charge in [0.15, 0.2) is 0 Å². The number of hydrogen-bond donors (Lipinski definition) is 2. The molecule has 6 nitrogen and oxygen atoms in total. The molecule has 7 heteroatoms. The molecular weight excluding hydrogens is 412 g/mol. The van der Waals surface area contributed by atoms with Gasteiger partial charge >= 0.3 is 5.69 Å². The van der Waals surface area contributed by atoms with Crippen molar-refractivity contribution in [3.8, 4) is 5.69 Å². The Labute approximate surface area is 186 Å². The van der Waals surface area contributed by atoms with Crippen LogP contribution in [0.2, 0.25) is 5.02 Å². The molecule has 162 valence electrons. The molecule has 0 radical (unpaired) electrons. The van der Waals surface area contributed by atoms with Gasteiger partial charge in [0.25, 0.3) is 5.91 Å².